The number of H-pyrrole nitrogens is 1. The van der Waals surface area contributed by atoms with E-state index in [4.69, 9.17) is 9.84 Å². The van der Waals surface area contributed by atoms with E-state index in [0.29, 0.717) is 25.8 Å². The number of hydrogen-bond donors (Lipinski definition) is 2. The van der Waals surface area contributed by atoms with Crippen molar-refractivity contribution in [3.8, 4) is 5.75 Å². The second-order valence-electron chi connectivity index (χ2n) is 10.3. The molecule has 4 aliphatic rings. The molecule has 2 bridgehead atoms. The van der Waals surface area contributed by atoms with Crippen molar-refractivity contribution in [1.82, 2.24) is 9.88 Å². The smallest absolute Gasteiger partial charge is 0.305 e. The maximum absolute atomic E-state index is 13.5. The summed E-state index contributed by atoms with van der Waals surface area (Å²) in [4.78, 5) is 55.5. The lowest BCUT2D eigenvalue weighted by Gasteiger charge is -2.43. The van der Waals surface area contributed by atoms with Crippen LogP contribution in [-0.2, 0) is 14.4 Å². The Balaban J connectivity index is 1.28. The van der Waals surface area contributed by atoms with Gasteiger partial charge in [0, 0.05) is 29.0 Å². The number of imide groups is 1. The average Bonchev–Trinajstić information content (AvgIpc) is 3.59. The van der Waals surface area contributed by atoms with Gasteiger partial charge in [-0.15, -0.1) is 11.8 Å². The van der Waals surface area contributed by atoms with Gasteiger partial charge in [-0.2, -0.15) is 0 Å². The first-order chi connectivity index (χ1) is 17.4. The van der Waals surface area contributed by atoms with Gasteiger partial charge in [-0.3, -0.25) is 24.1 Å². The molecule has 2 aliphatic carbocycles. The summed E-state index contributed by atoms with van der Waals surface area (Å²) in [6.07, 6.45) is 2.84. The van der Waals surface area contributed by atoms with E-state index >= 15 is 0 Å². The van der Waals surface area contributed by atoms with Gasteiger partial charge in [0.2, 0.25) is 11.8 Å². The van der Waals surface area contributed by atoms with Crippen LogP contribution in [0.5, 0.6) is 5.75 Å². The number of ether oxygens (including phenoxy) is 1. The highest BCUT2D eigenvalue weighted by Gasteiger charge is 2.69. The molecule has 2 N–H and O–H groups in total. The number of benzene rings is 1. The quantitative estimate of drug-likeness (QED) is 0.397. The van der Waals surface area contributed by atoms with Crippen molar-refractivity contribution >= 4 is 40.9 Å². The van der Waals surface area contributed by atoms with Crippen LogP contribution in [0.3, 0.4) is 0 Å². The van der Waals surface area contributed by atoms with Crippen LogP contribution in [-0.4, -0.2) is 51.7 Å². The third-order valence-electron chi connectivity index (χ3n) is 8.56. The zero-order chi connectivity index (χ0) is 25.1. The Bertz CT molecular complexity index is 1270. The van der Waals surface area contributed by atoms with Crippen molar-refractivity contribution in [2.24, 2.45) is 29.6 Å². The Morgan fingerprint density at radius 3 is 2.50 bits per heavy atom. The third-order valence-corrected chi connectivity index (χ3v) is 11.2. The van der Waals surface area contributed by atoms with Gasteiger partial charge in [0.25, 0.3) is 0 Å². The lowest BCUT2D eigenvalue weighted by molar-refractivity contribution is -0.141. The highest BCUT2D eigenvalue weighted by Crippen LogP contribution is 2.68. The van der Waals surface area contributed by atoms with Crippen LogP contribution in [0.4, 0.5) is 0 Å². The number of hydrogen-bond acceptors (Lipinski definition) is 7. The first kappa shape index (κ1) is 23.8. The molecule has 1 aromatic carbocycles. The van der Waals surface area contributed by atoms with Gasteiger partial charge >= 0.3 is 10.8 Å². The molecule has 1 aromatic heterocycles. The van der Waals surface area contributed by atoms with Gasteiger partial charge in [0.15, 0.2) is 0 Å². The van der Waals surface area contributed by atoms with Crippen molar-refractivity contribution < 1.29 is 24.2 Å². The summed E-state index contributed by atoms with van der Waals surface area (Å²) in [5.74, 6) is -0.335. The van der Waals surface area contributed by atoms with Crippen molar-refractivity contribution in [3.63, 3.8) is 0 Å². The van der Waals surface area contributed by atoms with E-state index in [-0.39, 0.29) is 63.9 Å². The maximum atomic E-state index is 13.5. The molecule has 3 heterocycles. The summed E-state index contributed by atoms with van der Waals surface area (Å²) in [5, 5.41) is 9.91. The summed E-state index contributed by atoms with van der Waals surface area (Å²) >= 11 is 2.95. The van der Waals surface area contributed by atoms with Crippen LogP contribution in [0.2, 0.25) is 0 Å². The number of aromatic nitrogens is 1. The molecule has 2 amide bonds. The van der Waals surface area contributed by atoms with Gasteiger partial charge < -0.3 is 14.8 Å². The first-order valence-electron chi connectivity index (χ1n) is 12.5. The van der Waals surface area contributed by atoms with Crippen LogP contribution < -0.4 is 9.61 Å². The van der Waals surface area contributed by atoms with E-state index < -0.39 is 5.97 Å². The molecule has 0 radical (unpaired) electrons. The van der Waals surface area contributed by atoms with Crippen molar-refractivity contribution in [2.45, 2.75) is 48.3 Å². The predicted molar refractivity (Wildman–Crippen MR) is 134 cm³/mol. The average molecular weight is 529 g/mol. The van der Waals surface area contributed by atoms with Gasteiger partial charge in [0.1, 0.15) is 5.75 Å². The number of thiazole rings is 1. The lowest BCUT2D eigenvalue weighted by Crippen LogP contribution is -2.42. The van der Waals surface area contributed by atoms with E-state index in [1.165, 1.54) is 16.2 Å². The standard InChI is InChI=1S/C26H28N2O6S2/c1-34-13-8-6-12(7-9-13)17-18-14-11-15(21(18)35-23-22(17)36-26(33)27-23)20-19(14)24(31)28(25(20)32)10-4-2-3-5-16(29)30/h6-9,14-15,17-21H,2-5,10-11H2,1H3,(H,27,33)(H,29,30)/t14-,15+,17+,18+,19+,20+,21-/m1/s1. The summed E-state index contributed by atoms with van der Waals surface area (Å²) in [6, 6.07) is 7.99. The number of methoxy groups -OCH3 is 1. The zero-order valence-corrected chi connectivity index (χ0v) is 21.5. The number of thioether (sulfide) groups is 1. The molecular formula is C26H28N2O6S2. The molecule has 7 atom stereocenters. The SMILES string of the molecule is COc1ccc([C@@H]2c3sc(=O)[nH]c3S[C@@H]3[C@H]4C[C@@H]([C@@H]5C(=O)N(CCCCCC(=O)O)C(=O)[C@@H]45)[C@@H]23)cc1. The number of likely N-dealkylation sites (tertiary alicyclic amines) is 1. The molecule has 1 saturated heterocycles. The fraction of sp³-hybridized carbons (Fsp3) is 0.538. The number of rotatable bonds is 8. The largest absolute Gasteiger partial charge is 0.497 e. The van der Waals surface area contributed by atoms with E-state index in [9.17, 15) is 19.2 Å². The molecule has 0 spiro atoms. The number of carboxylic acids is 1. The van der Waals surface area contributed by atoms with Crippen LogP contribution in [0, 0.1) is 29.6 Å². The van der Waals surface area contributed by atoms with Crippen LogP contribution in [0.1, 0.15) is 48.5 Å². The molecule has 0 unspecified atom stereocenters. The summed E-state index contributed by atoms with van der Waals surface area (Å²) in [5.41, 5.74) is 1.11. The monoisotopic (exact) mass is 528 g/mol. The van der Waals surface area contributed by atoms with Gasteiger partial charge in [-0.05, 0) is 54.7 Å². The molecule has 10 heteroatoms. The number of carbonyl (C=O) groups excluding carboxylic acids is 2. The fourth-order valence-corrected chi connectivity index (χ4v) is 10.1. The van der Waals surface area contributed by atoms with E-state index in [1.54, 1.807) is 18.9 Å². The van der Waals surface area contributed by atoms with Crippen LogP contribution in [0.25, 0.3) is 0 Å². The predicted octanol–water partition coefficient (Wildman–Crippen LogP) is 3.56. The molecule has 2 aliphatic heterocycles. The van der Waals surface area contributed by atoms with Gasteiger partial charge in [-0.1, -0.05) is 29.9 Å². The number of aliphatic carboxylic acids is 1. The maximum Gasteiger partial charge on any atom is 0.305 e. The Morgan fingerprint density at radius 1 is 1.08 bits per heavy atom. The number of amides is 2. The number of nitrogens with one attached hydrogen (secondary N) is 1. The van der Waals surface area contributed by atoms with Crippen molar-refractivity contribution in [1.29, 1.82) is 0 Å². The Kier molecular flexibility index (Phi) is 5.99. The molecule has 8 nitrogen and oxygen atoms in total. The van der Waals surface area contributed by atoms with Crippen LogP contribution >= 0.6 is 23.1 Å². The minimum atomic E-state index is -0.823. The molecule has 2 saturated carbocycles. The van der Waals surface area contributed by atoms with E-state index in [2.05, 4.69) is 17.1 Å². The lowest BCUT2D eigenvalue weighted by atomic mass is 9.68. The number of nitrogens with zero attached hydrogens (tertiary/aromatic N) is 1. The molecule has 2 aromatic rings. The highest BCUT2D eigenvalue weighted by molar-refractivity contribution is 8.00. The number of carbonyl (C=O) groups is 3. The second-order valence-corrected chi connectivity index (χ2v) is 12.5. The minimum absolute atomic E-state index is 0.00465. The van der Waals surface area contributed by atoms with Crippen molar-refractivity contribution in [3.05, 3.63) is 44.4 Å². The summed E-state index contributed by atoms with van der Waals surface area (Å²) in [7, 11) is 1.63. The topological polar surface area (TPSA) is 117 Å². The zero-order valence-electron chi connectivity index (χ0n) is 19.8. The van der Waals surface area contributed by atoms with E-state index in [1.807, 2.05) is 12.1 Å². The highest BCUT2D eigenvalue weighted by atomic mass is 32.2. The number of carboxylic acid groups (broad SMARTS) is 1. The molecule has 3 fully saturated rings. The number of fused-ring (bicyclic) bond motifs is 9. The second kappa shape index (κ2) is 9.06. The Labute approximate surface area is 216 Å². The normalized spacial score (nSPS) is 31.9. The Morgan fingerprint density at radius 2 is 1.81 bits per heavy atom. The number of aromatic amines is 1. The molecule has 190 valence electrons. The fourth-order valence-electron chi connectivity index (χ4n) is 7.21. The summed E-state index contributed by atoms with van der Waals surface area (Å²) < 4.78 is 5.35. The number of unbranched alkanes of at least 4 members (excludes halogenated alkanes) is 2. The minimum Gasteiger partial charge on any atom is -0.497 e. The molecular weight excluding hydrogens is 500 g/mol. The molecule has 6 rings (SSSR count). The molecule has 36 heavy (non-hydrogen) atoms. The van der Waals surface area contributed by atoms with Gasteiger partial charge in [-0.25, -0.2) is 0 Å². The van der Waals surface area contributed by atoms with Gasteiger partial charge in [0.05, 0.1) is 24.0 Å². The van der Waals surface area contributed by atoms with Crippen LogP contribution in [0.15, 0.2) is 34.1 Å². The third kappa shape index (κ3) is 3.63. The summed E-state index contributed by atoms with van der Waals surface area (Å²) in [6.45, 7) is 0.370. The first-order valence-corrected chi connectivity index (χ1v) is 14.2. The Hall–Kier alpha value is -2.59. The van der Waals surface area contributed by atoms with Crippen molar-refractivity contribution in [2.75, 3.05) is 13.7 Å². The van der Waals surface area contributed by atoms with E-state index in [0.717, 1.165) is 27.6 Å².